The molecule has 2 fully saturated rings. The third-order valence-electron chi connectivity index (χ3n) is 4.27. The van der Waals surface area contributed by atoms with E-state index in [9.17, 15) is 0 Å². The molecule has 3 rings (SSSR count). The number of halogens is 1. The van der Waals surface area contributed by atoms with Gasteiger partial charge in [-0.05, 0) is 44.2 Å². The molecule has 110 valence electrons. The molecule has 0 aromatic heterocycles. The Morgan fingerprint density at radius 3 is 2.75 bits per heavy atom. The van der Waals surface area contributed by atoms with Crippen molar-refractivity contribution in [2.24, 2.45) is 0 Å². The summed E-state index contributed by atoms with van der Waals surface area (Å²) in [6.45, 7) is 4.21. The first kappa shape index (κ1) is 14.0. The fourth-order valence-corrected chi connectivity index (χ4v) is 3.13. The Morgan fingerprint density at radius 2 is 2.05 bits per heavy atom. The van der Waals surface area contributed by atoms with Crippen LogP contribution in [-0.4, -0.2) is 32.3 Å². The minimum atomic E-state index is 0.608. The molecule has 1 atom stereocenters. The van der Waals surface area contributed by atoms with Gasteiger partial charge >= 0.3 is 0 Å². The summed E-state index contributed by atoms with van der Waals surface area (Å²) in [6, 6.07) is 5.47. The molecule has 1 unspecified atom stereocenters. The first-order valence-corrected chi connectivity index (χ1v) is 7.90. The van der Waals surface area contributed by atoms with Crippen molar-refractivity contribution in [2.75, 3.05) is 25.1 Å². The molecule has 3 nitrogen and oxygen atoms in total. The van der Waals surface area contributed by atoms with E-state index in [0.717, 1.165) is 35.5 Å². The zero-order valence-corrected chi connectivity index (χ0v) is 13.0. The smallest absolute Gasteiger partial charge is 0.143 e. The van der Waals surface area contributed by atoms with E-state index >= 15 is 0 Å². The topological polar surface area (TPSA) is 24.5 Å². The minimum Gasteiger partial charge on any atom is -0.495 e. The van der Waals surface area contributed by atoms with E-state index in [-0.39, 0.29) is 0 Å². The summed E-state index contributed by atoms with van der Waals surface area (Å²) < 4.78 is 5.52. The van der Waals surface area contributed by atoms with E-state index in [1.165, 1.54) is 31.4 Å². The SMILES string of the molecule is COc1cc(Cl)c(C)cc1N1CCCC(NC2CC2)C1. The van der Waals surface area contributed by atoms with Crippen LogP contribution in [0.4, 0.5) is 5.69 Å². The largest absolute Gasteiger partial charge is 0.495 e. The summed E-state index contributed by atoms with van der Waals surface area (Å²) in [4.78, 5) is 2.44. The van der Waals surface area contributed by atoms with Gasteiger partial charge in [-0.25, -0.2) is 0 Å². The van der Waals surface area contributed by atoms with E-state index in [4.69, 9.17) is 16.3 Å². The lowest BCUT2D eigenvalue weighted by atomic mass is 10.0. The number of benzene rings is 1. The fourth-order valence-electron chi connectivity index (χ4n) is 2.97. The molecular formula is C16H23ClN2O. The summed E-state index contributed by atoms with van der Waals surface area (Å²) in [5, 5.41) is 4.52. The molecule has 1 N–H and O–H groups in total. The summed E-state index contributed by atoms with van der Waals surface area (Å²) >= 11 is 6.20. The quantitative estimate of drug-likeness (QED) is 0.921. The lowest BCUT2D eigenvalue weighted by Gasteiger charge is -2.36. The first-order valence-electron chi connectivity index (χ1n) is 7.52. The van der Waals surface area contributed by atoms with Gasteiger partial charge in [-0.3, -0.25) is 0 Å². The molecule has 0 amide bonds. The highest BCUT2D eigenvalue weighted by atomic mass is 35.5. The number of aryl methyl sites for hydroxylation is 1. The van der Waals surface area contributed by atoms with Crippen LogP contribution < -0.4 is 15.0 Å². The Bertz CT molecular complexity index is 488. The number of hydrogen-bond donors (Lipinski definition) is 1. The molecule has 1 aromatic carbocycles. The van der Waals surface area contributed by atoms with Crippen LogP contribution in [0.5, 0.6) is 5.75 Å². The first-order chi connectivity index (χ1) is 9.67. The number of nitrogens with zero attached hydrogens (tertiary/aromatic N) is 1. The predicted molar refractivity (Wildman–Crippen MR) is 84.1 cm³/mol. The summed E-state index contributed by atoms with van der Waals surface area (Å²) in [6.07, 6.45) is 5.21. The zero-order valence-electron chi connectivity index (χ0n) is 12.3. The molecule has 1 saturated carbocycles. The number of methoxy groups -OCH3 is 1. The summed E-state index contributed by atoms with van der Waals surface area (Å²) in [5.74, 6) is 0.882. The minimum absolute atomic E-state index is 0.608. The molecule has 1 aliphatic heterocycles. The van der Waals surface area contributed by atoms with Crippen molar-refractivity contribution in [3.8, 4) is 5.75 Å². The van der Waals surface area contributed by atoms with Crippen molar-refractivity contribution >= 4 is 17.3 Å². The van der Waals surface area contributed by atoms with Crippen LogP contribution in [0.3, 0.4) is 0 Å². The predicted octanol–water partition coefficient (Wildman–Crippen LogP) is 3.38. The Balaban J connectivity index is 1.78. The standard InChI is InChI=1S/C16H23ClN2O/c1-11-8-15(16(20-2)9-14(11)17)19-7-3-4-13(10-19)18-12-5-6-12/h8-9,12-13,18H,3-7,10H2,1-2H3. The van der Waals surface area contributed by atoms with Crippen molar-refractivity contribution in [1.29, 1.82) is 0 Å². The maximum absolute atomic E-state index is 6.20. The van der Waals surface area contributed by atoms with Gasteiger partial charge in [-0.1, -0.05) is 11.6 Å². The molecule has 0 radical (unpaired) electrons. The van der Waals surface area contributed by atoms with Crippen LogP contribution in [0.25, 0.3) is 0 Å². The second-order valence-corrected chi connectivity index (χ2v) is 6.41. The molecule has 0 bridgehead atoms. The highest BCUT2D eigenvalue weighted by Crippen LogP contribution is 2.35. The second kappa shape index (κ2) is 5.82. The van der Waals surface area contributed by atoms with Crippen LogP contribution in [0.15, 0.2) is 12.1 Å². The molecule has 4 heteroatoms. The highest BCUT2D eigenvalue weighted by molar-refractivity contribution is 6.31. The highest BCUT2D eigenvalue weighted by Gasteiger charge is 2.28. The van der Waals surface area contributed by atoms with Crippen LogP contribution >= 0.6 is 11.6 Å². The van der Waals surface area contributed by atoms with E-state index in [1.54, 1.807) is 7.11 Å². The van der Waals surface area contributed by atoms with Gasteiger partial charge in [0, 0.05) is 36.3 Å². The molecule has 0 spiro atoms. The molecule has 1 aromatic rings. The van der Waals surface area contributed by atoms with Gasteiger partial charge in [-0.2, -0.15) is 0 Å². The number of hydrogen-bond acceptors (Lipinski definition) is 3. The maximum Gasteiger partial charge on any atom is 0.143 e. The Hall–Kier alpha value is -0.930. The van der Waals surface area contributed by atoms with E-state index in [1.807, 2.05) is 6.07 Å². The Kier molecular flexibility index (Phi) is 4.08. The number of rotatable bonds is 4. The summed E-state index contributed by atoms with van der Waals surface area (Å²) in [7, 11) is 1.72. The van der Waals surface area contributed by atoms with Crippen LogP contribution in [0.1, 0.15) is 31.2 Å². The fraction of sp³-hybridized carbons (Fsp3) is 0.625. The number of piperidine rings is 1. The third kappa shape index (κ3) is 3.04. The van der Waals surface area contributed by atoms with Gasteiger partial charge in [0.25, 0.3) is 0 Å². The third-order valence-corrected chi connectivity index (χ3v) is 4.68. The normalized spacial score (nSPS) is 22.9. The van der Waals surface area contributed by atoms with Gasteiger partial charge in [0.1, 0.15) is 5.75 Å². The van der Waals surface area contributed by atoms with Crippen molar-refractivity contribution in [2.45, 2.75) is 44.7 Å². The van der Waals surface area contributed by atoms with Gasteiger partial charge in [0.2, 0.25) is 0 Å². The monoisotopic (exact) mass is 294 g/mol. The average molecular weight is 295 g/mol. The maximum atomic E-state index is 6.20. The summed E-state index contributed by atoms with van der Waals surface area (Å²) in [5.41, 5.74) is 2.29. The number of nitrogens with one attached hydrogen (secondary N) is 1. The van der Waals surface area contributed by atoms with Crippen molar-refractivity contribution in [1.82, 2.24) is 5.32 Å². The number of ether oxygens (including phenoxy) is 1. The molecular weight excluding hydrogens is 272 g/mol. The van der Waals surface area contributed by atoms with Crippen LogP contribution in [0.2, 0.25) is 5.02 Å². The van der Waals surface area contributed by atoms with E-state index in [0.29, 0.717) is 6.04 Å². The zero-order chi connectivity index (χ0) is 14.1. The molecule has 2 aliphatic rings. The van der Waals surface area contributed by atoms with Gasteiger partial charge in [0.05, 0.1) is 12.8 Å². The van der Waals surface area contributed by atoms with Crippen molar-refractivity contribution in [3.63, 3.8) is 0 Å². The lowest BCUT2D eigenvalue weighted by Crippen LogP contribution is -2.46. The van der Waals surface area contributed by atoms with Gasteiger partial charge < -0.3 is 15.0 Å². The van der Waals surface area contributed by atoms with Crippen molar-refractivity contribution < 1.29 is 4.74 Å². The molecule has 1 heterocycles. The van der Waals surface area contributed by atoms with Gasteiger partial charge in [0.15, 0.2) is 0 Å². The lowest BCUT2D eigenvalue weighted by molar-refractivity contribution is 0.399. The van der Waals surface area contributed by atoms with Gasteiger partial charge in [-0.15, -0.1) is 0 Å². The van der Waals surface area contributed by atoms with Crippen molar-refractivity contribution in [3.05, 3.63) is 22.7 Å². The second-order valence-electron chi connectivity index (χ2n) is 6.00. The van der Waals surface area contributed by atoms with Crippen LogP contribution in [-0.2, 0) is 0 Å². The molecule has 1 aliphatic carbocycles. The van der Waals surface area contributed by atoms with Crippen LogP contribution in [0, 0.1) is 6.92 Å². The molecule has 1 saturated heterocycles. The number of anilines is 1. The van der Waals surface area contributed by atoms with E-state index < -0.39 is 0 Å². The Labute approximate surface area is 126 Å². The average Bonchev–Trinajstić information content (AvgIpc) is 3.25. The Morgan fingerprint density at radius 1 is 1.25 bits per heavy atom. The molecule has 20 heavy (non-hydrogen) atoms. The van der Waals surface area contributed by atoms with E-state index in [2.05, 4.69) is 23.2 Å².